The van der Waals surface area contributed by atoms with E-state index in [0.717, 1.165) is 18.5 Å². The van der Waals surface area contributed by atoms with Crippen LogP contribution in [-0.4, -0.2) is 12.6 Å². The van der Waals surface area contributed by atoms with E-state index in [-0.39, 0.29) is 5.82 Å². The van der Waals surface area contributed by atoms with Crippen LogP contribution in [0.3, 0.4) is 0 Å². The van der Waals surface area contributed by atoms with Crippen LogP contribution < -0.4 is 5.32 Å². The first kappa shape index (κ1) is 12.9. The largest absolute Gasteiger partial charge is 0.314 e. The second-order valence-corrected chi connectivity index (χ2v) is 4.31. The molecule has 1 N–H and O–H groups in total. The Balaban J connectivity index is 2.41. The maximum Gasteiger partial charge on any atom is 0.126 e. The first-order valence-corrected chi connectivity index (χ1v) is 5.75. The van der Waals surface area contributed by atoms with Crippen LogP contribution in [0.2, 0.25) is 0 Å². The number of hydrogen-bond acceptors (Lipinski definition) is 1. The van der Waals surface area contributed by atoms with E-state index in [1.165, 1.54) is 6.07 Å². The van der Waals surface area contributed by atoms with Crippen molar-refractivity contribution in [3.63, 3.8) is 0 Å². The van der Waals surface area contributed by atoms with Crippen LogP contribution in [0.5, 0.6) is 0 Å². The Bertz CT molecular complexity index is 356. The monoisotopic (exact) mass is 221 g/mol. The van der Waals surface area contributed by atoms with Crippen molar-refractivity contribution in [3.8, 4) is 0 Å². The van der Waals surface area contributed by atoms with Gasteiger partial charge in [0.2, 0.25) is 0 Å². The Kier molecular flexibility index (Phi) is 5.20. The SMILES string of the molecule is Cc1cc(C=CCCNC(C)C)ccc1F. The van der Waals surface area contributed by atoms with E-state index in [9.17, 15) is 4.39 Å². The first-order valence-electron chi connectivity index (χ1n) is 5.75. The average Bonchev–Trinajstić information content (AvgIpc) is 2.22. The summed E-state index contributed by atoms with van der Waals surface area (Å²) in [5, 5.41) is 3.34. The Morgan fingerprint density at radius 1 is 1.38 bits per heavy atom. The topological polar surface area (TPSA) is 12.0 Å². The fraction of sp³-hybridized carbons (Fsp3) is 0.429. The molecule has 0 heterocycles. The molecule has 88 valence electrons. The molecule has 1 nitrogen and oxygen atoms in total. The summed E-state index contributed by atoms with van der Waals surface area (Å²) in [4.78, 5) is 0. The van der Waals surface area contributed by atoms with Gasteiger partial charge in [0.15, 0.2) is 0 Å². The van der Waals surface area contributed by atoms with Gasteiger partial charge in [0, 0.05) is 6.04 Å². The highest BCUT2D eigenvalue weighted by molar-refractivity contribution is 5.50. The molecule has 2 heteroatoms. The Hall–Kier alpha value is -1.15. The number of halogens is 1. The Labute approximate surface area is 97.4 Å². The van der Waals surface area contributed by atoms with Gasteiger partial charge in [-0.05, 0) is 43.1 Å². The number of benzene rings is 1. The van der Waals surface area contributed by atoms with Crippen molar-refractivity contribution < 1.29 is 4.39 Å². The molecule has 0 spiro atoms. The highest BCUT2D eigenvalue weighted by atomic mass is 19.1. The molecule has 1 rings (SSSR count). The number of rotatable bonds is 5. The minimum Gasteiger partial charge on any atom is -0.314 e. The summed E-state index contributed by atoms with van der Waals surface area (Å²) >= 11 is 0. The molecule has 0 unspecified atom stereocenters. The lowest BCUT2D eigenvalue weighted by atomic mass is 10.1. The third-order valence-corrected chi connectivity index (χ3v) is 2.36. The molecule has 0 saturated heterocycles. The average molecular weight is 221 g/mol. The molecule has 0 aromatic heterocycles. The molecule has 0 aliphatic carbocycles. The van der Waals surface area contributed by atoms with Crippen LogP contribution in [0.4, 0.5) is 4.39 Å². The number of hydrogen-bond donors (Lipinski definition) is 1. The lowest BCUT2D eigenvalue weighted by molar-refractivity contribution is 0.595. The van der Waals surface area contributed by atoms with Crippen molar-refractivity contribution in [2.24, 2.45) is 0 Å². The van der Waals surface area contributed by atoms with Crippen LogP contribution in [0, 0.1) is 12.7 Å². The van der Waals surface area contributed by atoms with Gasteiger partial charge in [-0.15, -0.1) is 0 Å². The van der Waals surface area contributed by atoms with Crippen molar-refractivity contribution in [2.75, 3.05) is 6.54 Å². The zero-order valence-electron chi connectivity index (χ0n) is 10.3. The molecule has 1 aromatic rings. The fourth-order valence-electron chi connectivity index (χ4n) is 1.45. The molecule has 0 radical (unpaired) electrons. The highest BCUT2D eigenvalue weighted by Gasteiger charge is 1.95. The van der Waals surface area contributed by atoms with Gasteiger partial charge in [-0.25, -0.2) is 4.39 Å². The van der Waals surface area contributed by atoms with Gasteiger partial charge in [0.05, 0.1) is 0 Å². The van der Waals surface area contributed by atoms with E-state index < -0.39 is 0 Å². The molecule has 1 aromatic carbocycles. The normalized spacial score (nSPS) is 11.6. The summed E-state index contributed by atoms with van der Waals surface area (Å²) in [6.45, 7) is 7.03. The van der Waals surface area contributed by atoms with Gasteiger partial charge in [0.25, 0.3) is 0 Å². The summed E-state index contributed by atoms with van der Waals surface area (Å²) in [5.74, 6) is -0.140. The van der Waals surface area contributed by atoms with Crippen LogP contribution in [0.1, 0.15) is 31.4 Å². The van der Waals surface area contributed by atoms with Crippen molar-refractivity contribution in [1.82, 2.24) is 5.32 Å². The van der Waals surface area contributed by atoms with Gasteiger partial charge < -0.3 is 5.32 Å². The van der Waals surface area contributed by atoms with Crippen molar-refractivity contribution in [1.29, 1.82) is 0 Å². The fourth-order valence-corrected chi connectivity index (χ4v) is 1.45. The van der Waals surface area contributed by atoms with Crippen molar-refractivity contribution in [2.45, 2.75) is 33.2 Å². The Morgan fingerprint density at radius 2 is 2.12 bits per heavy atom. The van der Waals surface area contributed by atoms with E-state index in [0.29, 0.717) is 11.6 Å². The van der Waals surface area contributed by atoms with E-state index in [4.69, 9.17) is 0 Å². The summed E-state index contributed by atoms with van der Waals surface area (Å²) in [5.41, 5.74) is 1.76. The molecule has 0 aliphatic rings. The highest BCUT2D eigenvalue weighted by Crippen LogP contribution is 2.10. The minimum atomic E-state index is -0.140. The maximum absolute atomic E-state index is 13.0. The van der Waals surface area contributed by atoms with Gasteiger partial charge in [0.1, 0.15) is 5.82 Å². The molecule has 0 amide bonds. The summed E-state index contributed by atoms with van der Waals surface area (Å²) in [6.07, 6.45) is 5.14. The lowest BCUT2D eigenvalue weighted by Gasteiger charge is -2.04. The zero-order valence-corrected chi connectivity index (χ0v) is 10.3. The van der Waals surface area contributed by atoms with Gasteiger partial charge >= 0.3 is 0 Å². The molecule has 0 fully saturated rings. The maximum atomic E-state index is 13.0. The predicted octanol–water partition coefficient (Wildman–Crippen LogP) is 3.54. The quantitative estimate of drug-likeness (QED) is 0.750. The summed E-state index contributed by atoms with van der Waals surface area (Å²) in [6, 6.07) is 5.71. The van der Waals surface area contributed by atoms with E-state index >= 15 is 0 Å². The van der Waals surface area contributed by atoms with Gasteiger partial charge in [-0.3, -0.25) is 0 Å². The van der Waals surface area contributed by atoms with E-state index in [2.05, 4.69) is 25.2 Å². The molecule has 16 heavy (non-hydrogen) atoms. The standard InChI is InChI=1S/C14H20FN/c1-11(2)16-9-5-4-6-13-7-8-14(15)12(3)10-13/h4,6-8,10-11,16H,5,9H2,1-3H3. The van der Waals surface area contributed by atoms with Crippen LogP contribution in [0.15, 0.2) is 24.3 Å². The summed E-state index contributed by atoms with van der Waals surface area (Å²) < 4.78 is 13.0. The number of nitrogens with one attached hydrogen (secondary N) is 1. The van der Waals surface area contributed by atoms with Crippen molar-refractivity contribution in [3.05, 3.63) is 41.2 Å². The molecule has 0 atom stereocenters. The second-order valence-electron chi connectivity index (χ2n) is 4.31. The number of aryl methyl sites for hydroxylation is 1. The zero-order chi connectivity index (χ0) is 12.0. The predicted molar refractivity (Wildman–Crippen MR) is 67.9 cm³/mol. The second kappa shape index (κ2) is 6.44. The van der Waals surface area contributed by atoms with Crippen LogP contribution in [0.25, 0.3) is 6.08 Å². The first-order chi connectivity index (χ1) is 7.59. The Morgan fingerprint density at radius 3 is 2.75 bits per heavy atom. The molecule has 0 saturated carbocycles. The third kappa shape index (κ3) is 4.58. The van der Waals surface area contributed by atoms with E-state index in [1.54, 1.807) is 13.0 Å². The molecular formula is C14H20FN. The van der Waals surface area contributed by atoms with Crippen LogP contribution in [-0.2, 0) is 0 Å². The third-order valence-electron chi connectivity index (χ3n) is 2.36. The molecule has 0 bridgehead atoms. The van der Waals surface area contributed by atoms with Gasteiger partial charge in [-0.2, -0.15) is 0 Å². The van der Waals surface area contributed by atoms with Gasteiger partial charge in [-0.1, -0.05) is 32.1 Å². The van der Waals surface area contributed by atoms with Crippen LogP contribution >= 0.6 is 0 Å². The summed E-state index contributed by atoms with van der Waals surface area (Å²) in [7, 11) is 0. The lowest BCUT2D eigenvalue weighted by Crippen LogP contribution is -2.23. The molecule has 0 aliphatic heterocycles. The molecular weight excluding hydrogens is 201 g/mol. The van der Waals surface area contributed by atoms with E-state index in [1.807, 2.05) is 12.1 Å². The minimum absolute atomic E-state index is 0.140. The van der Waals surface area contributed by atoms with Crippen molar-refractivity contribution >= 4 is 6.08 Å². The smallest absolute Gasteiger partial charge is 0.126 e.